The summed E-state index contributed by atoms with van der Waals surface area (Å²) in [7, 11) is 0. The monoisotopic (exact) mass is 591 g/mol. The molecule has 4 rings (SSSR count). The molecular weight excluding hydrogens is 569 g/mol. The molecule has 9 nitrogen and oxygen atoms in total. The van der Waals surface area contributed by atoms with E-state index in [0.717, 1.165) is 18.5 Å². The first-order valence-corrected chi connectivity index (χ1v) is 13.0. The van der Waals surface area contributed by atoms with E-state index in [9.17, 15) is 31.0 Å². The van der Waals surface area contributed by atoms with Crippen molar-refractivity contribution in [1.82, 2.24) is 14.3 Å². The number of ether oxygens (including phenoxy) is 2. The molecule has 3 atom stereocenters. The van der Waals surface area contributed by atoms with Gasteiger partial charge in [0.2, 0.25) is 5.88 Å². The average molecular weight is 592 g/mol. The van der Waals surface area contributed by atoms with Gasteiger partial charge in [-0.15, -0.1) is 3.89 Å². The number of fused-ring (bicyclic) bond motifs is 1. The van der Waals surface area contributed by atoms with Crippen molar-refractivity contribution in [3.8, 4) is 5.88 Å². The van der Waals surface area contributed by atoms with E-state index >= 15 is 0 Å². The number of thioether (sulfide) groups is 1. The minimum Gasteiger partial charge on any atom is -0.467 e. The molecular formula is C23H22F5N5O4S2. The van der Waals surface area contributed by atoms with E-state index in [0.29, 0.717) is 10.7 Å². The molecule has 1 aromatic carbocycles. The maximum atomic E-state index is 14.9. The predicted octanol–water partition coefficient (Wildman–Crippen LogP) is 6.11. The van der Waals surface area contributed by atoms with Crippen LogP contribution < -0.4 is 10.1 Å². The highest BCUT2D eigenvalue weighted by atomic mass is 32.2. The number of amides is 2. The Kier molecular flexibility index (Phi) is 8.25. The minimum atomic E-state index is -4.56. The molecule has 0 bridgehead atoms. The Labute approximate surface area is 228 Å². The number of aliphatic imine (C=N–C) groups is 1. The summed E-state index contributed by atoms with van der Waals surface area (Å²) < 4.78 is 75.9. The smallest absolute Gasteiger partial charge is 0.428 e. The number of rotatable bonds is 6. The number of benzene rings is 1. The fourth-order valence-corrected chi connectivity index (χ4v) is 5.26. The Morgan fingerprint density at radius 3 is 2.56 bits per heavy atom. The molecule has 0 radical (unpaired) electrons. The second kappa shape index (κ2) is 11.2. The number of anilines is 1. The molecule has 1 aromatic heterocycles. The number of carbonyl (C=O) groups excluding carboxylic acids is 2. The summed E-state index contributed by atoms with van der Waals surface area (Å²) in [6.07, 6.45) is -3.03. The topological polar surface area (TPSA) is 106 Å². The quantitative estimate of drug-likeness (QED) is 0.317. The van der Waals surface area contributed by atoms with Crippen LogP contribution >= 0.6 is 24.1 Å². The normalized spacial score (nSPS) is 20.4. The number of alkyl halides is 3. The number of aromatic nitrogens is 2. The molecule has 3 unspecified atom stereocenters. The third kappa shape index (κ3) is 7.50. The number of halogens is 5. The number of carbonyl (C=O) groups is 2. The summed E-state index contributed by atoms with van der Waals surface area (Å²) in [6, 6.07) is 3.07. The first-order chi connectivity index (χ1) is 18.2. The van der Waals surface area contributed by atoms with Gasteiger partial charge in [0.25, 0.3) is 5.91 Å². The fraction of sp³-hybridized carbons (Fsp3) is 0.435. The second-order valence-corrected chi connectivity index (χ2v) is 11.3. The van der Waals surface area contributed by atoms with Gasteiger partial charge in [-0.2, -0.15) is 17.5 Å². The highest BCUT2D eigenvalue weighted by molar-refractivity contribution is 8.15. The van der Waals surface area contributed by atoms with Crippen molar-refractivity contribution in [2.75, 3.05) is 11.9 Å². The molecule has 16 heteroatoms. The Morgan fingerprint density at radius 1 is 1.21 bits per heavy atom. The van der Waals surface area contributed by atoms with Crippen molar-refractivity contribution >= 4 is 47.0 Å². The van der Waals surface area contributed by atoms with Crippen LogP contribution in [0.25, 0.3) is 0 Å². The summed E-state index contributed by atoms with van der Waals surface area (Å²) in [5.41, 5.74) is -0.768. The molecule has 0 spiro atoms. The van der Waals surface area contributed by atoms with Crippen LogP contribution in [0, 0.1) is 11.7 Å². The van der Waals surface area contributed by atoms with Gasteiger partial charge in [-0.3, -0.25) is 9.79 Å². The Bertz CT molecular complexity index is 1270. The van der Waals surface area contributed by atoms with Crippen LogP contribution in [0.4, 0.5) is 31.9 Å². The average Bonchev–Trinajstić information content (AvgIpc) is 3.62. The molecule has 0 saturated heterocycles. The zero-order valence-corrected chi connectivity index (χ0v) is 22.3. The molecule has 1 fully saturated rings. The van der Waals surface area contributed by atoms with Crippen molar-refractivity contribution in [3.05, 3.63) is 47.7 Å². The summed E-state index contributed by atoms with van der Waals surface area (Å²) in [6.45, 7) is 3.35. The molecule has 1 aliphatic heterocycles. The molecule has 2 aromatic rings. The van der Waals surface area contributed by atoms with Gasteiger partial charge < -0.3 is 14.8 Å². The van der Waals surface area contributed by atoms with Crippen LogP contribution in [-0.2, 0) is 4.74 Å². The summed E-state index contributed by atoms with van der Waals surface area (Å²) in [5, 5.41) is 2.56. The van der Waals surface area contributed by atoms with Gasteiger partial charge in [-0.1, -0.05) is 11.8 Å². The lowest BCUT2D eigenvalue weighted by atomic mass is 10.0. The molecule has 1 N–H and O–H groups in total. The number of nitrogens with one attached hydrogen (secondary N) is 1. The van der Waals surface area contributed by atoms with Gasteiger partial charge in [-0.25, -0.2) is 19.2 Å². The first kappa shape index (κ1) is 28.9. The van der Waals surface area contributed by atoms with Gasteiger partial charge in [0.05, 0.1) is 18.4 Å². The van der Waals surface area contributed by atoms with Crippen LogP contribution in [0.1, 0.15) is 49.3 Å². The molecule has 1 saturated carbocycles. The lowest BCUT2D eigenvalue weighted by Gasteiger charge is -2.27. The zero-order chi connectivity index (χ0) is 28.5. The molecule has 39 heavy (non-hydrogen) atoms. The first-order valence-electron chi connectivity index (χ1n) is 11.4. The number of amidine groups is 1. The van der Waals surface area contributed by atoms with Crippen LogP contribution in [0.2, 0.25) is 0 Å². The highest BCUT2D eigenvalue weighted by Crippen LogP contribution is 2.56. The third-order valence-corrected chi connectivity index (χ3v) is 7.23. The molecule has 2 heterocycles. The van der Waals surface area contributed by atoms with Crippen molar-refractivity contribution in [3.63, 3.8) is 0 Å². The maximum absolute atomic E-state index is 14.9. The van der Waals surface area contributed by atoms with Crippen LogP contribution in [-0.4, -0.2) is 55.1 Å². The van der Waals surface area contributed by atoms with Gasteiger partial charge in [0, 0.05) is 16.5 Å². The van der Waals surface area contributed by atoms with Crippen LogP contribution in [0.5, 0.6) is 5.88 Å². The number of hydrogen-bond acceptors (Lipinski definition) is 9. The predicted molar refractivity (Wildman–Crippen MR) is 134 cm³/mol. The van der Waals surface area contributed by atoms with Crippen molar-refractivity contribution in [2.45, 2.75) is 50.3 Å². The fourth-order valence-electron chi connectivity index (χ4n) is 3.58. The van der Waals surface area contributed by atoms with Gasteiger partial charge in [0.1, 0.15) is 17.1 Å². The van der Waals surface area contributed by atoms with Crippen LogP contribution in [0.15, 0.2) is 35.6 Å². The van der Waals surface area contributed by atoms with Crippen molar-refractivity contribution in [2.24, 2.45) is 10.9 Å². The molecule has 2 amide bonds. The molecule has 1 aliphatic carbocycles. The lowest BCUT2D eigenvalue weighted by molar-refractivity contribution is -0.154. The summed E-state index contributed by atoms with van der Waals surface area (Å²) in [4.78, 5) is 36.9. The van der Waals surface area contributed by atoms with Gasteiger partial charge in [-0.05, 0) is 51.3 Å². The van der Waals surface area contributed by atoms with Crippen LogP contribution in [0.3, 0.4) is 0 Å². The lowest BCUT2D eigenvalue weighted by Crippen LogP contribution is -2.36. The van der Waals surface area contributed by atoms with Gasteiger partial charge >= 0.3 is 12.3 Å². The second-order valence-electron chi connectivity index (χ2n) is 9.59. The number of nitrogens with zero attached hydrogens (tertiary/aromatic N) is 4. The van der Waals surface area contributed by atoms with Crippen molar-refractivity contribution < 1.29 is 40.5 Å². The van der Waals surface area contributed by atoms with E-state index in [4.69, 9.17) is 4.74 Å². The Balaban J connectivity index is 1.50. The standard InChI is InChI=1S/C23H22F5N5O4S2/c1-22(2,3)37-21(35)33(39-28)20-32-18(13-7-16(13)38-20)12-6-11(4-5-14(12)24)31-19(34)15-8-30-17(9-29-15)36-10-23(25,26)27/h4-6,8-9,13,16,18H,7,10H2,1-3H3,(H,31,34). The molecule has 210 valence electrons. The maximum Gasteiger partial charge on any atom is 0.428 e. The van der Waals surface area contributed by atoms with E-state index in [1.165, 1.54) is 23.9 Å². The highest BCUT2D eigenvalue weighted by Gasteiger charge is 2.50. The summed E-state index contributed by atoms with van der Waals surface area (Å²) in [5.74, 6) is -1.83. The third-order valence-electron chi connectivity index (χ3n) is 5.31. The summed E-state index contributed by atoms with van der Waals surface area (Å²) >= 11 is 0.844. The zero-order valence-electron chi connectivity index (χ0n) is 20.7. The van der Waals surface area contributed by atoms with E-state index in [1.54, 1.807) is 20.8 Å². The Hall–Kier alpha value is -3.14. The number of hydrogen-bond donors (Lipinski definition) is 1. The largest absolute Gasteiger partial charge is 0.467 e. The minimum absolute atomic E-state index is 0.00872. The van der Waals surface area contributed by atoms with E-state index in [-0.39, 0.29) is 45.6 Å². The van der Waals surface area contributed by atoms with Crippen molar-refractivity contribution in [1.29, 1.82) is 0 Å². The van der Waals surface area contributed by atoms with E-state index in [1.807, 2.05) is 0 Å². The van der Waals surface area contributed by atoms with Gasteiger partial charge in [0.15, 0.2) is 24.1 Å². The Morgan fingerprint density at radius 2 is 1.95 bits per heavy atom. The molecule has 2 aliphatic rings. The SMILES string of the molecule is CC(C)(C)OC(=O)N(SF)C1=NC(c2cc(NC(=O)c3cnc(OCC(F)(F)F)cn3)ccc2F)C2CC2S1. The van der Waals surface area contributed by atoms with E-state index in [2.05, 4.69) is 25.0 Å². The van der Waals surface area contributed by atoms with E-state index < -0.39 is 48.1 Å².